The zero-order chi connectivity index (χ0) is 16.1. The molecule has 0 aliphatic rings. The number of hydrogen-bond acceptors (Lipinski definition) is 4. The highest BCUT2D eigenvalue weighted by Crippen LogP contribution is 2.26. The molecule has 2 aromatic carbocycles. The van der Waals surface area contributed by atoms with Gasteiger partial charge < -0.3 is 10.6 Å². The predicted molar refractivity (Wildman–Crippen MR) is 97.5 cm³/mol. The zero-order valence-electron chi connectivity index (χ0n) is 13.2. The molecule has 118 valence electrons. The van der Waals surface area contributed by atoms with Gasteiger partial charge in [0.15, 0.2) is 5.13 Å². The first-order valence-corrected chi connectivity index (χ1v) is 8.64. The summed E-state index contributed by atoms with van der Waals surface area (Å²) in [5.41, 5.74) is 9.47. The molecule has 0 spiro atoms. The summed E-state index contributed by atoms with van der Waals surface area (Å²) in [6, 6.07) is 21.0. The SMILES string of the molecule is CC(N)c1csc(N(Cc2ccccc2)Cc2ccccc2)n1. The van der Waals surface area contributed by atoms with Crippen LogP contribution in [-0.4, -0.2) is 4.98 Å². The summed E-state index contributed by atoms with van der Waals surface area (Å²) in [6.07, 6.45) is 0. The second-order valence-electron chi connectivity index (χ2n) is 5.67. The molecule has 0 aliphatic heterocycles. The van der Waals surface area contributed by atoms with E-state index in [1.165, 1.54) is 11.1 Å². The van der Waals surface area contributed by atoms with Crippen LogP contribution >= 0.6 is 11.3 Å². The van der Waals surface area contributed by atoms with Gasteiger partial charge in [0.25, 0.3) is 0 Å². The van der Waals surface area contributed by atoms with Crippen LogP contribution in [0.4, 0.5) is 5.13 Å². The lowest BCUT2D eigenvalue weighted by atomic mass is 10.2. The normalized spacial score (nSPS) is 12.1. The van der Waals surface area contributed by atoms with E-state index in [1.807, 2.05) is 19.1 Å². The van der Waals surface area contributed by atoms with E-state index in [4.69, 9.17) is 10.7 Å². The molecule has 3 aromatic rings. The van der Waals surface area contributed by atoms with Crippen molar-refractivity contribution in [1.29, 1.82) is 0 Å². The van der Waals surface area contributed by atoms with Gasteiger partial charge in [-0.15, -0.1) is 11.3 Å². The van der Waals surface area contributed by atoms with Crippen molar-refractivity contribution in [3.05, 3.63) is 82.9 Å². The lowest BCUT2D eigenvalue weighted by Crippen LogP contribution is -2.22. The molecule has 0 aliphatic carbocycles. The van der Waals surface area contributed by atoms with E-state index in [1.54, 1.807) is 11.3 Å². The van der Waals surface area contributed by atoms with Gasteiger partial charge in [0, 0.05) is 24.5 Å². The van der Waals surface area contributed by atoms with Crippen molar-refractivity contribution in [2.75, 3.05) is 4.90 Å². The lowest BCUT2D eigenvalue weighted by Gasteiger charge is -2.22. The average Bonchev–Trinajstić information content (AvgIpc) is 3.06. The van der Waals surface area contributed by atoms with Crippen LogP contribution in [0.25, 0.3) is 0 Å². The molecule has 1 atom stereocenters. The Morgan fingerprint density at radius 1 is 0.957 bits per heavy atom. The van der Waals surface area contributed by atoms with Crippen LogP contribution in [0.15, 0.2) is 66.0 Å². The minimum atomic E-state index is -0.0321. The molecule has 0 bridgehead atoms. The molecule has 0 radical (unpaired) electrons. The Morgan fingerprint density at radius 3 is 1.91 bits per heavy atom. The van der Waals surface area contributed by atoms with Crippen LogP contribution in [-0.2, 0) is 13.1 Å². The van der Waals surface area contributed by atoms with Gasteiger partial charge in [0.1, 0.15) is 0 Å². The second-order valence-corrected chi connectivity index (χ2v) is 6.51. The van der Waals surface area contributed by atoms with Crippen molar-refractivity contribution in [3.8, 4) is 0 Å². The molecule has 0 amide bonds. The quantitative estimate of drug-likeness (QED) is 0.732. The average molecular weight is 323 g/mol. The first kappa shape index (κ1) is 15.7. The second kappa shape index (κ2) is 7.40. The van der Waals surface area contributed by atoms with Crippen LogP contribution < -0.4 is 10.6 Å². The Kier molecular flexibility index (Phi) is 5.05. The Morgan fingerprint density at radius 2 is 1.48 bits per heavy atom. The minimum Gasteiger partial charge on any atom is -0.339 e. The zero-order valence-corrected chi connectivity index (χ0v) is 14.0. The van der Waals surface area contributed by atoms with Gasteiger partial charge in [-0.3, -0.25) is 0 Å². The van der Waals surface area contributed by atoms with Gasteiger partial charge in [-0.2, -0.15) is 0 Å². The number of thiazole rings is 1. The summed E-state index contributed by atoms with van der Waals surface area (Å²) in [7, 11) is 0. The van der Waals surface area contributed by atoms with Gasteiger partial charge in [-0.25, -0.2) is 4.98 Å². The lowest BCUT2D eigenvalue weighted by molar-refractivity contribution is 0.762. The van der Waals surface area contributed by atoms with E-state index in [0.29, 0.717) is 0 Å². The van der Waals surface area contributed by atoms with Crippen LogP contribution in [0.5, 0.6) is 0 Å². The third kappa shape index (κ3) is 4.18. The summed E-state index contributed by atoms with van der Waals surface area (Å²) >= 11 is 1.66. The fourth-order valence-corrected chi connectivity index (χ4v) is 3.36. The maximum absolute atomic E-state index is 5.96. The fourth-order valence-electron chi connectivity index (χ4n) is 2.43. The highest BCUT2D eigenvalue weighted by atomic mass is 32.1. The van der Waals surface area contributed by atoms with Crippen molar-refractivity contribution < 1.29 is 0 Å². The Balaban J connectivity index is 1.85. The molecule has 3 rings (SSSR count). The largest absolute Gasteiger partial charge is 0.339 e. The third-order valence-corrected chi connectivity index (χ3v) is 4.60. The molecular weight excluding hydrogens is 302 g/mol. The number of hydrogen-bond donors (Lipinski definition) is 1. The van der Waals surface area contributed by atoms with Gasteiger partial charge in [-0.1, -0.05) is 60.7 Å². The molecular formula is C19H21N3S. The van der Waals surface area contributed by atoms with Crippen molar-refractivity contribution >= 4 is 16.5 Å². The molecule has 2 N–H and O–H groups in total. The van der Waals surface area contributed by atoms with Crippen LogP contribution in [0, 0.1) is 0 Å². The minimum absolute atomic E-state index is 0.0321. The topological polar surface area (TPSA) is 42.1 Å². The molecule has 1 unspecified atom stereocenters. The Labute approximate surface area is 141 Å². The van der Waals surface area contributed by atoms with Gasteiger partial charge in [-0.05, 0) is 18.1 Å². The molecule has 1 aromatic heterocycles. The Bertz CT molecular complexity index is 681. The summed E-state index contributed by atoms with van der Waals surface area (Å²) in [5, 5.41) is 3.08. The molecule has 3 nitrogen and oxygen atoms in total. The molecule has 1 heterocycles. The van der Waals surface area contributed by atoms with E-state index in [2.05, 4.69) is 58.8 Å². The molecule has 4 heteroatoms. The molecule has 0 saturated carbocycles. The van der Waals surface area contributed by atoms with Crippen molar-refractivity contribution in [1.82, 2.24) is 4.98 Å². The first-order chi connectivity index (χ1) is 11.2. The number of benzene rings is 2. The summed E-state index contributed by atoms with van der Waals surface area (Å²) in [6.45, 7) is 3.64. The summed E-state index contributed by atoms with van der Waals surface area (Å²) in [5.74, 6) is 0. The van der Waals surface area contributed by atoms with Gasteiger partial charge >= 0.3 is 0 Å². The monoisotopic (exact) mass is 323 g/mol. The third-order valence-electron chi connectivity index (χ3n) is 3.68. The van der Waals surface area contributed by atoms with Crippen molar-refractivity contribution in [3.63, 3.8) is 0 Å². The van der Waals surface area contributed by atoms with Crippen molar-refractivity contribution in [2.24, 2.45) is 5.73 Å². The van der Waals surface area contributed by atoms with E-state index in [0.717, 1.165) is 23.9 Å². The number of nitrogens with two attached hydrogens (primary N) is 1. The van der Waals surface area contributed by atoms with Crippen LogP contribution in [0.2, 0.25) is 0 Å². The highest BCUT2D eigenvalue weighted by Gasteiger charge is 2.14. The number of nitrogens with zero attached hydrogens (tertiary/aromatic N) is 2. The maximum Gasteiger partial charge on any atom is 0.186 e. The predicted octanol–water partition coefficient (Wildman–Crippen LogP) is 4.37. The summed E-state index contributed by atoms with van der Waals surface area (Å²) in [4.78, 5) is 7.03. The smallest absolute Gasteiger partial charge is 0.186 e. The van der Waals surface area contributed by atoms with E-state index < -0.39 is 0 Å². The number of aromatic nitrogens is 1. The molecule has 23 heavy (non-hydrogen) atoms. The fraction of sp³-hybridized carbons (Fsp3) is 0.211. The number of anilines is 1. The highest BCUT2D eigenvalue weighted by molar-refractivity contribution is 7.13. The Hall–Kier alpha value is -2.17. The maximum atomic E-state index is 5.96. The van der Waals surface area contributed by atoms with Crippen LogP contribution in [0.1, 0.15) is 29.8 Å². The van der Waals surface area contributed by atoms with E-state index in [9.17, 15) is 0 Å². The first-order valence-electron chi connectivity index (χ1n) is 7.76. The van der Waals surface area contributed by atoms with E-state index in [-0.39, 0.29) is 6.04 Å². The van der Waals surface area contributed by atoms with Crippen LogP contribution in [0.3, 0.4) is 0 Å². The van der Waals surface area contributed by atoms with Crippen molar-refractivity contribution in [2.45, 2.75) is 26.1 Å². The van der Waals surface area contributed by atoms with Gasteiger partial charge in [0.05, 0.1) is 5.69 Å². The standard InChI is InChI=1S/C19H21N3S/c1-15(20)18-14-23-19(21-18)22(12-16-8-4-2-5-9-16)13-17-10-6-3-7-11-17/h2-11,14-15H,12-13,20H2,1H3. The molecule has 0 fully saturated rings. The van der Waals surface area contributed by atoms with Gasteiger partial charge in [0.2, 0.25) is 0 Å². The van der Waals surface area contributed by atoms with E-state index >= 15 is 0 Å². The number of rotatable bonds is 6. The summed E-state index contributed by atoms with van der Waals surface area (Å²) < 4.78 is 0. The molecule has 0 saturated heterocycles.